The van der Waals surface area contributed by atoms with E-state index in [9.17, 15) is 9.59 Å². The molecule has 1 amide bonds. The van der Waals surface area contributed by atoms with Crippen molar-refractivity contribution in [3.8, 4) is 11.4 Å². The topological polar surface area (TPSA) is 88.3 Å². The summed E-state index contributed by atoms with van der Waals surface area (Å²) in [7, 11) is 0. The zero-order chi connectivity index (χ0) is 24.9. The Hall–Kier alpha value is -4.10. The first kappa shape index (κ1) is 23.6. The molecule has 1 aliphatic heterocycles. The van der Waals surface area contributed by atoms with Gasteiger partial charge < -0.3 is 9.84 Å². The van der Waals surface area contributed by atoms with Crippen LogP contribution in [0.3, 0.4) is 0 Å². The fourth-order valence-electron chi connectivity index (χ4n) is 4.51. The van der Waals surface area contributed by atoms with Crippen molar-refractivity contribution in [2.75, 3.05) is 18.4 Å². The molecular weight excluding hydrogens is 452 g/mol. The van der Waals surface area contributed by atoms with Gasteiger partial charge in [-0.2, -0.15) is 4.98 Å². The van der Waals surface area contributed by atoms with Crippen LogP contribution in [0.15, 0.2) is 83.4 Å². The fourth-order valence-corrected chi connectivity index (χ4v) is 4.51. The van der Waals surface area contributed by atoms with Gasteiger partial charge in [0.05, 0.1) is 18.2 Å². The molecule has 0 bridgehead atoms. The summed E-state index contributed by atoms with van der Waals surface area (Å²) in [5, 5.41) is 7.13. The summed E-state index contributed by atoms with van der Waals surface area (Å²) >= 11 is 0. The number of carbonyl (C=O) groups is 2. The van der Waals surface area contributed by atoms with E-state index in [1.165, 1.54) is 5.56 Å². The molecule has 36 heavy (non-hydrogen) atoms. The first-order chi connectivity index (χ1) is 17.6. The lowest BCUT2D eigenvalue weighted by atomic mass is 9.96. The van der Waals surface area contributed by atoms with Crippen molar-refractivity contribution in [1.29, 1.82) is 0 Å². The number of hydrogen-bond acceptors (Lipinski definition) is 6. The smallest absolute Gasteiger partial charge is 0.241 e. The second kappa shape index (κ2) is 10.7. The van der Waals surface area contributed by atoms with E-state index in [0.717, 1.165) is 24.9 Å². The molecule has 1 aliphatic rings. The van der Waals surface area contributed by atoms with Crippen LogP contribution < -0.4 is 5.32 Å². The number of aromatic nitrogens is 2. The van der Waals surface area contributed by atoms with E-state index in [2.05, 4.69) is 20.4 Å². The molecule has 0 spiro atoms. The van der Waals surface area contributed by atoms with E-state index in [4.69, 9.17) is 4.52 Å². The number of piperidine rings is 1. The van der Waals surface area contributed by atoms with Gasteiger partial charge in [-0.25, -0.2) is 0 Å². The van der Waals surface area contributed by atoms with Crippen LogP contribution in [0.1, 0.15) is 40.2 Å². The summed E-state index contributed by atoms with van der Waals surface area (Å²) in [6.45, 7) is 3.97. The van der Waals surface area contributed by atoms with Crippen LogP contribution in [0, 0.1) is 12.8 Å². The number of ketones is 1. The molecule has 7 heteroatoms. The Morgan fingerprint density at radius 3 is 2.56 bits per heavy atom. The number of rotatable bonds is 7. The van der Waals surface area contributed by atoms with E-state index >= 15 is 0 Å². The third kappa shape index (κ3) is 5.42. The maximum absolute atomic E-state index is 13.2. The van der Waals surface area contributed by atoms with Gasteiger partial charge in [0.2, 0.25) is 17.6 Å². The van der Waals surface area contributed by atoms with E-state index in [-0.39, 0.29) is 17.6 Å². The minimum absolute atomic E-state index is 0.0844. The monoisotopic (exact) mass is 480 g/mol. The average Bonchev–Trinajstić information content (AvgIpc) is 3.38. The van der Waals surface area contributed by atoms with Gasteiger partial charge in [0.1, 0.15) is 0 Å². The fraction of sp³-hybridized carbons (Fsp3) is 0.241. The summed E-state index contributed by atoms with van der Waals surface area (Å²) in [4.78, 5) is 32.9. The van der Waals surface area contributed by atoms with Gasteiger partial charge in [-0.05, 0) is 38.4 Å². The lowest BCUT2D eigenvalue weighted by Gasteiger charge is -2.31. The van der Waals surface area contributed by atoms with Crippen molar-refractivity contribution >= 4 is 17.4 Å². The largest absolute Gasteiger partial charge is 0.338 e. The lowest BCUT2D eigenvalue weighted by molar-refractivity contribution is -0.121. The number of likely N-dealkylation sites (tertiary alicyclic amines) is 1. The highest BCUT2D eigenvalue weighted by Crippen LogP contribution is 2.24. The number of para-hydroxylation sites is 1. The molecule has 182 valence electrons. The molecule has 5 rings (SSSR count). The van der Waals surface area contributed by atoms with Crippen molar-refractivity contribution in [2.45, 2.75) is 26.3 Å². The van der Waals surface area contributed by atoms with Crippen molar-refractivity contribution in [3.05, 3.63) is 101 Å². The van der Waals surface area contributed by atoms with Crippen LogP contribution >= 0.6 is 0 Å². The molecule has 1 unspecified atom stereocenters. The standard InChI is InChI=1S/C29H28N4O3/c1-20-13-15-22(16-14-20)28-31-26(36-32-28)19-33-17-7-10-23(18-33)29(35)30-25-12-6-5-11-24(25)27(34)21-8-3-2-4-9-21/h2-6,8-9,11-16,23H,7,10,17-19H2,1H3,(H,30,35). The summed E-state index contributed by atoms with van der Waals surface area (Å²) in [6.07, 6.45) is 1.68. The van der Waals surface area contributed by atoms with E-state index < -0.39 is 0 Å². The van der Waals surface area contributed by atoms with Crippen molar-refractivity contribution in [2.24, 2.45) is 5.92 Å². The molecule has 1 atom stereocenters. The van der Waals surface area contributed by atoms with E-state index in [1.54, 1.807) is 24.3 Å². The van der Waals surface area contributed by atoms with Crippen LogP contribution in [0.25, 0.3) is 11.4 Å². The predicted octanol–water partition coefficient (Wildman–Crippen LogP) is 5.13. The minimum Gasteiger partial charge on any atom is -0.338 e. The molecule has 1 aromatic heterocycles. The Kier molecular flexibility index (Phi) is 7.00. The number of nitrogens with one attached hydrogen (secondary N) is 1. The molecule has 7 nitrogen and oxygen atoms in total. The number of hydrogen-bond donors (Lipinski definition) is 1. The minimum atomic E-state index is -0.196. The lowest BCUT2D eigenvalue weighted by Crippen LogP contribution is -2.40. The number of carbonyl (C=O) groups excluding carboxylic acids is 2. The van der Waals surface area contributed by atoms with Crippen molar-refractivity contribution in [3.63, 3.8) is 0 Å². The molecule has 1 saturated heterocycles. The normalized spacial score (nSPS) is 16.0. The highest BCUT2D eigenvalue weighted by molar-refractivity contribution is 6.13. The summed E-state index contributed by atoms with van der Waals surface area (Å²) in [5.74, 6) is 0.705. The molecule has 2 heterocycles. The predicted molar refractivity (Wildman–Crippen MR) is 137 cm³/mol. The summed E-state index contributed by atoms with van der Waals surface area (Å²) < 4.78 is 5.49. The summed E-state index contributed by atoms with van der Waals surface area (Å²) in [5.41, 5.74) is 3.70. The molecule has 1 N–H and O–H groups in total. The van der Waals surface area contributed by atoms with E-state index in [1.807, 2.05) is 61.5 Å². The quantitative estimate of drug-likeness (QED) is 0.369. The molecule has 4 aromatic rings. The Morgan fingerprint density at radius 2 is 1.75 bits per heavy atom. The highest BCUT2D eigenvalue weighted by atomic mass is 16.5. The van der Waals surface area contributed by atoms with Crippen molar-refractivity contribution in [1.82, 2.24) is 15.0 Å². The van der Waals surface area contributed by atoms with E-state index in [0.29, 0.717) is 41.6 Å². The van der Waals surface area contributed by atoms with Crippen molar-refractivity contribution < 1.29 is 14.1 Å². The maximum Gasteiger partial charge on any atom is 0.241 e. The van der Waals surface area contributed by atoms with Crippen LogP contribution in [0.2, 0.25) is 0 Å². The van der Waals surface area contributed by atoms with Gasteiger partial charge in [-0.15, -0.1) is 0 Å². The third-order valence-electron chi connectivity index (χ3n) is 6.48. The van der Waals surface area contributed by atoms with Crippen LogP contribution in [0.5, 0.6) is 0 Å². The zero-order valence-electron chi connectivity index (χ0n) is 20.2. The molecule has 1 fully saturated rings. The molecule has 0 radical (unpaired) electrons. The SMILES string of the molecule is Cc1ccc(-c2noc(CN3CCCC(C(=O)Nc4ccccc4C(=O)c4ccccc4)C3)n2)cc1. The first-order valence-corrected chi connectivity index (χ1v) is 12.2. The second-order valence-electron chi connectivity index (χ2n) is 9.18. The molecule has 0 saturated carbocycles. The van der Waals surface area contributed by atoms with Crippen LogP contribution in [-0.2, 0) is 11.3 Å². The van der Waals surface area contributed by atoms with Gasteiger partial charge in [0.15, 0.2) is 5.78 Å². The Morgan fingerprint density at radius 1 is 1.00 bits per heavy atom. The third-order valence-corrected chi connectivity index (χ3v) is 6.48. The Bertz CT molecular complexity index is 1350. The number of nitrogens with zero attached hydrogens (tertiary/aromatic N) is 3. The van der Waals surface area contributed by atoms with Gasteiger partial charge >= 0.3 is 0 Å². The Labute approximate surface area is 210 Å². The number of anilines is 1. The molecular formula is C29H28N4O3. The molecule has 3 aromatic carbocycles. The first-order valence-electron chi connectivity index (χ1n) is 12.2. The zero-order valence-corrected chi connectivity index (χ0v) is 20.2. The molecule has 0 aliphatic carbocycles. The number of benzene rings is 3. The number of amides is 1. The number of aryl methyl sites for hydroxylation is 1. The van der Waals surface area contributed by atoms with Crippen LogP contribution in [0.4, 0.5) is 5.69 Å². The average molecular weight is 481 g/mol. The van der Waals surface area contributed by atoms with Gasteiger partial charge in [-0.3, -0.25) is 14.5 Å². The summed E-state index contributed by atoms with van der Waals surface area (Å²) in [6, 6.07) is 24.2. The Balaban J connectivity index is 1.23. The van der Waals surface area contributed by atoms with Gasteiger partial charge in [-0.1, -0.05) is 77.5 Å². The maximum atomic E-state index is 13.2. The van der Waals surface area contributed by atoms with Gasteiger partial charge in [0.25, 0.3) is 0 Å². The van der Waals surface area contributed by atoms with Crippen LogP contribution in [-0.4, -0.2) is 39.8 Å². The second-order valence-corrected chi connectivity index (χ2v) is 9.18. The van der Waals surface area contributed by atoms with Gasteiger partial charge in [0, 0.05) is 23.2 Å². The highest BCUT2D eigenvalue weighted by Gasteiger charge is 2.28.